The number of fused-ring (bicyclic) bond motifs is 7. The first-order valence-corrected chi connectivity index (χ1v) is 33.0. The van der Waals surface area contributed by atoms with E-state index in [1.54, 1.807) is 0 Å². The van der Waals surface area contributed by atoms with Gasteiger partial charge in [0.25, 0.3) is 6.71 Å². The zero-order valence-corrected chi connectivity index (χ0v) is 56.0. The van der Waals surface area contributed by atoms with Crippen molar-refractivity contribution in [1.82, 2.24) is 0 Å². The van der Waals surface area contributed by atoms with Crippen LogP contribution >= 0.6 is 0 Å². The van der Waals surface area contributed by atoms with Crippen molar-refractivity contribution in [1.29, 1.82) is 0 Å². The van der Waals surface area contributed by atoms with Gasteiger partial charge in [-0.1, -0.05) is 263 Å². The molecular weight excluding hydrogens is 1060 g/mol. The smallest absolute Gasteiger partial charge is 0.252 e. The summed E-state index contributed by atoms with van der Waals surface area (Å²) in [7, 11) is 0. The zero-order valence-electron chi connectivity index (χ0n) is 56.0. The van der Waals surface area contributed by atoms with Crippen LogP contribution in [0.4, 0.5) is 45.5 Å². The average Bonchev–Trinajstić information content (AvgIpc) is 1.40. The molecule has 0 spiro atoms. The van der Waals surface area contributed by atoms with Gasteiger partial charge in [0.1, 0.15) is 0 Å². The summed E-state index contributed by atoms with van der Waals surface area (Å²) in [6.07, 6.45) is 5.55. The lowest BCUT2D eigenvalue weighted by Gasteiger charge is -2.51. The highest BCUT2D eigenvalue weighted by Crippen LogP contribution is 2.62. The van der Waals surface area contributed by atoms with Crippen molar-refractivity contribution in [3.8, 4) is 11.1 Å². The summed E-state index contributed by atoms with van der Waals surface area (Å²) in [6.45, 7) is 40.3. The normalized spacial score (nSPS) is 18.2. The number of para-hydroxylation sites is 1. The van der Waals surface area contributed by atoms with Crippen LogP contribution in [-0.4, -0.2) is 12.3 Å². The van der Waals surface area contributed by atoms with Gasteiger partial charge >= 0.3 is 0 Å². The molecule has 4 aliphatic rings. The Hall–Kier alpha value is -7.56. The number of rotatable bonds is 8. The lowest BCUT2D eigenvalue weighted by atomic mass is 9.33. The summed E-state index contributed by atoms with van der Waals surface area (Å²) in [5, 5.41) is 0. The fourth-order valence-electron chi connectivity index (χ4n) is 15.6. The molecule has 1 saturated carbocycles. The molecule has 4 heteroatoms. The second kappa shape index (κ2) is 21.0. The fourth-order valence-corrected chi connectivity index (χ4v) is 15.6. The molecule has 0 bridgehead atoms. The van der Waals surface area contributed by atoms with Gasteiger partial charge in [-0.05, 0) is 180 Å². The van der Waals surface area contributed by atoms with E-state index >= 15 is 0 Å². The Morgan fingerprint density at radius 2 is 0.920 bits per heavy atom. The van der Waals surface area contributed by atoms with Gasteiger partial charge in [0.2, 0.25) is 0 Å². The van der Waals surface area contributed by atoms with E-state index in [9.17, 15) is 0 Å². The molecule has 1 fully saturated rings. The van der Waals surface area contributed by atoms with Gasteiger partial charge in [0.05, 0.1) is 11.2 Å². The van der Waals surface area contributed by atoms with Gasteiger partial charge in [-0.25, -0.2) is 0 Å². The molecule has 0 radical (unpaired) electrons. The number of benzene rings is 9. The van der Waals surface area contributed by atoms with Crippen LogP contribution in [0.5, 0.6) is 0 Å². The Morgan fingerprint density at radius 3 is 1.55 bits per heavy atom. The summed E-state index contributed by atoms with van der Waals surface area (Å²) in [4.78, 5) is 8.21. The minimum Gasteiger partial charge on any atom is -0.334 e. The van der Waals surface area contributed by atoms with Gasteiger partial charge < -0.3 is 14.7 Å². The first-order valence-electron chi connectivity index (χ1n) is 33.0. The molecule has 2 unspecified atom stereocenters. The maximum absolute atomic E-state index is 2.86. The minimum absolute atomic E-state index is 0.0159. The van der Waals surface area contributed by atoms with Crippen LogP contribution in [0.25, 0.3) is 11.1 Å². The van der Waals surface area contributed by atoms with E-state index in [4.69, 9.17) is 0 Å². The molecule has 0 saturated heterocycles. The first-order chi connectivity index (χ1) is 41.5. The largest absolute Gasteiger partial charge is 0.334 e. The van der Waals surface area contributed by atoms with Crippen LogP contribution in [-0.2, 0) is 38.9 Å². The molecule has 88 heavy (non-hydrogen) atoms. The molecule has 1 aliphatic carbocycles. The van der Waals surface area contributed by atoms with E-state index < -0.39 is 0 Å². The van der Waals surface area contributed by atoms with E-state index in [2.05, 4.69) is 327 Å². The third-order valence-electron chi connectivity index (χ3n) is 21.2. The Kier molecular flexibility index (Phi) is 14.2. The number of nitrogens with zero attached hydrogens (tertiary/aromatic N) is 3. The molecule has 2 atom stereocenters. The SMILES string of the molecule is CC(C)(C)c1ccc(C(Cc2ccc3c(c2)C2(C)CCCCC2(C)N3c2cc3c4c(c2)N(c2ccc(C(C)(C)C)cc2-c2ccccc2)c2ccccc2B4c2ccc(C(C)(C)C)cc2N3c2cccc(C(C)(C)C)c2)c2ccc(C(C)(C)C)cc2)cc1. The van der Waals surface area contributed by atoms with Crippen LogP contribution in [0.1, 0.15) is 199 Å². The summed E-state index contributed by atoms with van der Waals surface area (Å²) in [5.74, 6) is 0.197. The Labute approximate surface area is 529 Å². The molecule has 9 aromatic carbocycles. The van der Waals surface area contributed by atoms with Gasteiger partial charge in [0, 0.05) is 56.7 Å². The standard InChI is InChI=1S/C84H94BN3/c1-78(2,3)59-37-33-57(34-38-59)66(58-35-39-60(40-36-58)79(4,5)6)48-55-32-44-72-68(49-55)83(16)46-23-24-47-84(83,17)88(72)65-53-75-77-76(54-65)87(71-45-42-62(81(10,11)12)51-67(71)56-26-19-18-20-27-56)73-31-22-21-30-69(73)85(77)70-43-41-63(82(13,14)15)52-74(70)86(75)64-29-25-28-61(50-64)80(7,8)9/h18-22,25-45,49-54,66H,23-24,46-48H2,1-17H3. The van der Waals surface area contributed by atoms with Crippen molar-refractivity contribution in [3.05, 3.63) is 244 Å². The monoisotopic (exact) mass is 1160 g/mol. The molecule has 0 N–H and O–H groups in total. The Bertz CT molecular complexity index is 4080. The molecule has 0 amide bonds. The molecule has 3 aliphatic heterocycles. The Balaban J connectivity index is 1.07. The van der Waals surface area contributed by atoms with Crippen molar-refractivity contribution in [2.45, 2.75) is 194 Å². The molecule has 448 valence electrons. The van der Waals surface area contributed by atoms with Crippen molar-refractivity contribution >= 4 is 68.6 Å². The van der Waals surface area contributed by atoms with Crippen LogP contribution in [0.15, 0.2) is 194 Å². The molecule has 0 aromatic heterocycles. The summed E-state index contributed by atoms with van der Waals surface area (Å²) in [5.41, 5.74) is 28.4. The van der Waals surface area contributed by atoms with Gasteiger partial charge in [-0.3, -0.25) is 0 Å². The number of anilines is 8. The van der Waals surface area contributed by atoms with E-state index in [-0.39, 0.29) is 50.7 Å². The van der Waals surface area contributed by atoms with Gasteiger partial charge in [-0.15, -0.1) is 0 Å². The third-order valence-corrected chi connectivity index (χ3v) is 21.2. The predicted octanol–water partition coefficient (Wildman–Crippen LogP) is 21.0. The van der Waals surface area contributed by atoms with Crippen LogP contribution < -0.4 is 31.1 Å². The van der Waals surface area contributed by atoms with E-state index in [1.165, 1.54) is 136 Å². The minimum atomic E-state index is -0.221. The lowest BCUT2D eigenvalue weighted by Crippen LogP contribution is -2.61. The topological polar surface area (TPSA) is 9.72 Å². The summed E-state index contributed by atoms with van der Waals surface area (Å²) >= 11 is 0. The van der Waals surface area contributed by atoms with E-state index in [1.807, 2.05) is 0 Å². The third kappa shape index (κ3) is 10.0. The van der Waals surface area contributed by atoms with E-state index in [0.29, 0.717) is 0 Å². The second-order valence-electron chi connectivity index (χ2n) is 32.2. The first kappa shape index (κ1) is 59.4. The van der Waals surface area contributed by atoms with Crippen molar-refractivity contribution in [2.75, 3.05) is 14.7 Å². The van der Waals surface area contributed by atoms with Crippen LogP contribution in [0.3, 0.4) is 0 Å². The quantitative estimate of drug-likeness (QED) is 0.140. The highest BCUT2D eigenvalue weighted by molar-refractivity contribution is 7.00. The predicted molar refractivity (Wildman–Crippen MR) is 381 cm³/mol. The highest BCUT2D eigenvalue weighted by Gasteiger charge is 2.58. The molecule has 3 heterocycles. The van der Waals surface area contributed by atoms with Gasteiger partial charge in [0.15, 0.2) is 0 Å². The molecular formula is C84H94BN3. The van der Waals surface area contributed by atoms with Crippen molar-refractivity contribution in [3.63, 3.8) is 0 Å². The van der Waals surface area contributed by atoms with E-state index in [0.717, 1.165) is 19.3 Å². The molecule has 13 rings (SSSR count). The zero-order chi connectivity index (χ0) is 62.3. The number of hydrogen-bond donors (Lipinski definition) is 0. The maximum Gasteiger partial charge on any atom is 0.252 e. The summed E-state index contributed by atoms with van der Waals surface area (Å²) in [6, 6.07) is 76.9. The molecule has 3 nitrogen and oxygen atoms in total. The van der Waals surface area contributed by atoms with Gasteiger partial charge in [-0.2, -0.15) is 0 Å². The second-order valence-corrected chi connectivity index (χ2v) is 32.2. The fraction of sp³-hybridized carbons (Fsp3) is 0.357. The summed E-state index contributed by atoms with van der Waals surface area (Å²) < 4.78 is 0. The Morgan fingerprint density at radius 1 is 0.398 bits per heavy atom. The highest BCUT2D eigenvalue weighted by atomic mass is 15.3. The van der Waals surface area contributed by atoms with Crippen molar-refractivity contribution in [2.24, 2.45) is 0 Å². The van der Waals surface area contributed by atoms with Crippen molar-refractivity contribution < 1.29 is 0 Å². The van der Waals surface area contributed by atoms with Crippen LogP contribution in [0.2, 0.25) is 0 Å². The molecule has 9 aromatic rings. The maximum atomic E-state index is 2.86. The average molecular weight is 1160 g/mol. The number of hydrogen-bond acceptors (Lipinski definition) is 3. The lowest BCUT2D eigenvalue weighted by molar-refractivity contribution is 0.195. The van der Waals surface area contributed by atoms with Crippen LogP contribution in [0, 0.1) is 0 Å².